The molecule has 6 heteroatoms. The van der Waals surface area contributed by atoms with Crippen LogP contribution >= 0.6 is 0 Å². The lowest BCUT2D eigenvalue weighted by atomic mass is 10.2. The van der Waals surface area contributed by atoms with Crippen LogP contribution in [0.5, 0.6) is 5.75 Å². The second-order valence-electron chi connectivity index (χ2n) is 3.85. The van der Waals surface area contributed by atoms with Gasteiger partial charge >= 0.3 is 5.69 Å². The number of amides is 1. The van der Waals surface area contributed by atoms with Gasteiger partial charge in [-0.05, 0) is 26.0 Å². The number of hydrogen-bond donors (Lipinski definition) is 1. The van der Waals surface area contributed by atoms with E-state index in [9.17, 15) is 14.9 Å². The zero-order chi connectivity index (χ0) is 13.7. The van der Waals surface area contributed by atoms with E-state index in [0.29, 0.717) is 5.69 Å². The van der Waals surface area contributed by atoms with Gasteiger partial charge in [-0.25, -0.2) is 0 Å². The fourth-order valence-electron chi connectivity index (χ4n) is 1.35. The Balaban J connectivity index is 2.99. The van der Waals surface area contributed by atoms with Crippen molar-refractivity contribution in [1.82, 2.24) is 0 Å². The number of nitro groups is 1. The molecule has 96 valence electrons. The fourth-order valence-corrected chi connectivity index (χ4v) is 1.35. The minimum absolute atomic E-state index is 0.153. The standard InChI is InChI=1S/C12H14N2O4/c1-8(2)6-12(15)13-9-4-5-11(18-3)10(7-9)14(16)17/h4-7H,1-3H3,(H,13,15). The molecule has 0 spiro atoms. The Morgan fingerprint density at radius 1 is 1.44 bits per heavy atom. The second kappa shape index (κ2) is 5.81. The highest BCUT2D eigenvalue weighted by Crippen LogP contribution is 2.29. The summed E-state index contributed by atoms with van der Waals surface area (Å²) in [4.78, 5) is 21.7. The van der Waals surface area contributed by atoms with E-state index < -0.39 is 4.92 Å². The SMILES string of the molecule is COc1ccc(NC(=O)C=C(C)C)cc1[N+](=O)[O-]. The number of ether oxygens (including phenoxy) is 1. The fraction of sp³-hybridized carbons (Fsp3) is 0.250. The van der Waals surface area contributed by atoms with Crippen LogP contribution in [-0.4, -0.2) is 17.9 Å². The van der Waals surface area contributed by atoms with E-state index in [2.05, 4.69) is 5.32 Å². The van der Waals surface area contributed by atoms with Gasteiger partial charge in [-0.15, -0.1) is 0 Å². The third-order valence-corrected chi connectivity index (χ3v) is 2.06. The predicted molar refractivity (Wildman–Crippen MR) is 67.7 cm³/mol. The van der Waals surface area contributed by atoms with Crippen LogP contribution < -0.4 is 10.1 Å². The molecule has 0 fully saturated rings. The van der Waals surface area contributed by atoms with Gasteiger partial charge in [0, 0.05) is 17.8 Å². The van der Waals surface area contributed by atoms with Crippen molar-refractivity contribution in [3.63, 3.8) is 0 Å². The van der Waals surface area contributed by atoms with Crippen LogP contribution in [0.2, 0.25) is 0 Å². The van der Waals surface area contributed by atoms with E-state index in [-0.39, 0.29) is 17.3 Å². The van der Waals surface area contributed by atoms with Crippen LogP contribution in [0.25, 0.3) is 0 Å². The molecule has 0 bridgehead atoms. The van der Waals surface area contributed by atoms with Gasteiger partial charge in [0.1, 0.15) is 0 Å². The molecule has 0 aromatic heterocycles. The number of nitro benzene ring substituents is 1. The van der Waals surface area contributed by atoms with Gasteiger partial charge in [-0.1, -0.05) is 5.57 Å². The lowest BCUT2D eigenvalue weighted by Gasteiger charge is -2.05. The zero-order valence-corrected chi connectivity index (χ0v) is 10.4. The molecule has 0 unspecified atom stereocenters. The number of carbonyl (C=O) groups excluding carboxylic acids is 1. The van der Waals surface area contributed by atoms with Crippen molar-refractivity contribution in [2.75, 3.05) is 12.4 Å². The first-order chi connectivity index (χ1) is 8.43. The molecule has 0 saturated carbocycles. The minimum atomic E-state index is -0.560. The van der Waals surface area contributed by atoms with Crippen molar-refractivity contribution in [3.8, 4) is 5.75 Å². The second-order valence-corrected chi connectivity index (χ2v) is 3.85. The normalized spacial score (nSPS) is 9.50. The predicted octanol–water partition coefficient (Wildman–Crippen LogP) is 2.51. The summed E-state index contributed by atoms with van der Waals surface area (Å²) in [5.74, 6) is -0.172. The summed E-state index contributed by atoms with van der Waals surface area (Å²) in [5, 5.41) is 13.3. The molecular formula is C12H14N2O4. The molecule has 0 heterocycles. The monoisotopic (exact) mass is 250 g/mol. The molecule has 1 aromatic carbocycles. The van der Waals surface area contributed by atoms with Gasteiger partial charge in [0.05, 0.1) is 12.0 Å². The van der Waals surface area contributed by atoms with Gasteiger partial charge < -0.3 is 10.1 Å². The molecule has 1 N–H and O–H groups in total. The summed E-state index contributed by atoms with van der Waals surface area (Å²) in [6, 6.07) is 4.24. The summed E-state index contributed by atoms with van der Waals surface area (Å²) < 4.78 is 4.86. The average molecular weight is 250 g/mol. The molecule has 0 atom stereocenters. The van der Waals surface area contributed by atoms with Crippen LogP contribution in [0, 0.1) is 10.1 Å². The van der Waals surface area contributed by atoms with E-state index in [1.807, 2.05) is 0 Å². The molecule has 18 heavy (non-hydrogen) atoms. The number of nitrogens with zero attached hydrogens (tertiary/aromatic N) is 1. The zero-order valence-electron chi connectivity index (χ0n) is 10.4. The minimum Gasteiger partial charge on any atom is -0.490 e. The lowest BCUT2D eigenvalue weighted by Crippen LogP contribution is -2.08. The molecule has 0 aliphatic rings. The van der Waals surface area contributed by atoms with Gasteiger partial charge in [0.25, 0.3) is 0 Å². The van der Waals surface area contributed by atoms with Crippen LogP contribution in [0.3, 0.4) is 0 Å². The molecular weight excluding hydrogens is 236 g/mol. The molecule has 6 nitrogen and oxygen atoms in total. The summed E-state index contributed by atoms with van der Waals surface area (Å²) in [6.45, 7) is 3.58. The van der Waals surface area contributed by atoms with E-state index in [0.717, 1.165) is 5.57 Å². The number of nitrogens with one attached hydrogen (secondary N) is 1. The van der Waals surface area contributed by atoms with E-state index in [4.69, 9.17) is 4.74 Å². The van der Waals surface area contributed by atoms with Gasteiger partial charge in [-0.2, -0.15) is 0 Å². The Morgan fingerprint density at radius 2 is 2.11 bits per heavy atom. The summed E-state index contributed by atoms with van der Waals surface area (Å²) in [5.41, 5.74) is 1.01. The van der Waals surface area contributed by atoms with Crippen LogP contribution in [0.4, 0.5) is 11.4 Å². The Morgan fingerprint density at radius 3 is 2.61 bits per heavy atom. The lowest BCUT2D eigenvalue weighted by molar-refractivity contribution is -0.385. The highest BCUT2D eigenvalue weighted by atomic mass is 16.6. The molecule has 0 aliphatic carbocycles. The van der Waals surface area contributed by atoms with Crippen molar-refractivity contribution in [3.05, 3.63) is 40.0 Å². The maximum absolute atomic E-state index is 11.5. The highest BCUT2D eigenvalue weighted by molar-refractivity contribution is 5.99. The Bertz CT molecular complexity index is 505. The average Bonchev–Trinajstić information content (AvgIpc) is 2.27. The maximum atomic E-state index is 11.5. The Hall–Kier alpha value is -2.37. The van der Waals surface area contributed by atoms with Gasteiger partial charge in [0.15, 0.2) is 5.75 Å². The molecule has 0 aliphatic heterocycles. The molecule has 1 rings (SSSR count). The number of rotatable bonds is 4. The first kappa shape index (κ1) is 13.7. The van der Waals surface area contributed by atoms with Gasteiger partial charge in [-0.3, -0.25) is 14.9 Å². The number of methoxy groups -OCH3 is 1. The summed E-state index contributed by atoms with van der Waals surface area (Å²) in [7, 11) is 1.35. The van der Waals surface area contributed by atoms with Crippen molar-refractivity contribution < 1.29 is 14.5 Å². The first-order valence-corrected chi connectivity index (χ1v) is 5.22. The molecule has 0 saturated heterocycles. The summed E-state index contributed by atoms with van der Waals surface area (Å²) in [6.07, 6.45) is 1.41. The maximum Gasteiger partial charge on any atom is 0.312 e. The topological polar surface area (TPSA) is 81.5 Å². The number of anilines is 1. The molecule has 1 aromatic rings. The van der Waals surface area contributed by atoms with Crippen molar-refractivity contribution in [2.45, 2.75) is 13.8 Å². The number of hydrogen-bond acceptors (Lipinski definition) is 4. The van der Waals surface area contributed by atoms with E-state index in [1.54, 1.807) is 19.9 Å². The third kappa shape index (κ3) is 3.58. The number of benzene rings is 1. The Labute approximate surface area is 104 Å². The van der Waals surface area contributed by atoms with Crippen LogP contribution in [-0.2, 0) is 4.79 Å². The Kier molecular flexibility index (Phi) is 4.42. The van der Waals surface area contributed by atoms with Crippen LogP contribution in [0.15, 0.2) is 29.8 Å². The first-order valence-electron chi connectivity index (χ1n) is 5.22. The number of carbonyl (C=O) groups is 1. The third-order valence-electron chi connectivity index (χ3n) is 2.06. The summed E-state index contributed by atoms with van der Waals surface area (Å²) >= 11 is 0. The van der Waals surface area contributed by atoms with E-state index >= 15 is 0 Å². The van der Waals surface area contributed by atoms with E-state index in [1.165, 1.54) is 25.3 Å². The largest absolute Gasteiger partial charge is 0.490 e. The number of allylic oxidation sites excluding steroid dienone is 1. The smallest absolute Gasteiger partial charge is 0.312 e. The highest BCUT2D eigenvalue weighted by Gasteiger charge is 2.15. The van der Waals surface area contributed by atoms with Crippen molar-refractivity contribution in [2.24, 2.45) is 0 Å². The molecule has 1 amide bonds. The molecule has 0 radical (unpaired) electrons. The van der Waals surface area contributed by atoms with Crippen molar-refractivity contribution >= 4 is 17.3 Å². The quantitative estimate of drug-likeness (QED) is 0.505. The van der Waals surface area contributed by atoms with Gasteiger partial charge in [0.2, 0.25) is 5.91 Å². The van der Waals surface area contributed by atoms with Crippen molar-refractivity contribution in [1.29, 1.82) is 0 Å². The van der Waals surface area contributed by atoms with Crippen LogP contribution in [0.1, 0.15) is 13.8 Å².